The van der Waals surface area contributed by atoms with E-state index in [-0.39, 0.29) is 23.8 Å². The van der Waals surface area contributed by atoms with Gasteiger partial charge >= 0.3 is 0 Å². The molecule has 2 amide bonds. The highest BCUT2D eigenvalue weighted by molar-refractivity contribution is 7.15. The number of nitrogens with one attached hydrogen (secondary N) is 2. The van der Waals surface area contributed by atoms with E-state index >= 15 is 0 Å². The van der Waals surface area contributed by atoms with Gasteiger partial charge in [0, 0.05) is 24.4 Å². The maximum absolute atomic E-state index is 12.3. The minimum absolute atomic E-state index is 0.0499. The average Bonchev–Trinajstić information content (AvgIpc) is 3.11. The van der Waals surface area contributed by atoms with Gasteiger partial charge in [-0.25, -0.2) is 4.98 Å². The summed E-state index contributed by atoms with van der Waals surface area (Å²) >= 11 is 1.62. The molecule has 1 fully saturated rings. The molecular formula is C23H31N3O2S. The summed E-state index contributed by atoms with van der Waals surface area (Å²) in [5.74, 6) is 0.184. The summed E-state index contributed by atoms with van der Waals surface area (Å²) in [5.41, 5.74) is 3.27. The first-order valence-corrected chi connectivity index (χ1v) is 11.4. The molecule has 1 heterocycles. The van der Waals surface area contributed by atoms with Crippen LogP contribution in [-0.2, 0) is 9.59 Å². The van der Waals surface area contributed by atoms with Gasteiger partial charge in [0.15, 0.2) is 0 Å². The zero-order valence-corrected chi connectivity index (χ0v) is 18.4. The van der Waals surface area contributed by atoms with E-state index in [2.05, 4.69) is 46.8 Å². The van der Waals surface area contributed by atoms with Crippen molar-refractivity contribution in [1.29, 1.82) is 0 Å². The SMILES string of the molecule is Cc1ccc(-c2nc(C)c(C(C)NC(=O)CCNC(=O)C3CCCCC3)s2)cc1. The molecule has 2 N–H and O–H groups in total. The number of carbonyl (C=O) groups excluding carboxylic acids is 2. The lowest BCUT2D eigenvalue weighted by Crippen LogP contribution is -2.35. The standard InChI is InChI=1S/C23H31N3O2S/c1-15-9-11-19(12-10-15)23-26-17(3)21(29-23)16(2)25-20(27)13-14-24-22(28)18-7-5-4-6-8-18/h9-12,16,18H,4-8,13-14H2,1-3H3,(H,24,28)(H,25,27). The number of rotatable bonds is 7. The third-order valence-electron chi connectivity index (χ3n) is 5.53. The van der Waals surface area contributed by atoms with Crippen LogP contribution in [0.4, 0.5) is 0 Å². The maximum atomic E-state index is 12.3. The summed E-state index contributed by atoms with van der Waals surface area (Å²) in [4.78, 5) is 30.3. The molecule has 1 aliphatic rings. The van der Waals surface area contributed by atoms with Crippen LogP contribution in [-0.4, -0.2) is 23.3 Å². The van der Waals surface area contributed by atoms with Crippen molar-refractivity contribution in [2.24, 2.45) is 5.92 Å². The monoisotopic (exact) mass is 413 g/mol. The number of carbonyl (C=O) groups is 2. The van der Waals surface area contributed by atoms with Crippen LogP contribution in [0.5, 0.6) is 0 Å². The molecule has 1 atom stereocenters. The number of benzene rings is 1. The third kappa shape index (κ3) is 5.89. The second-order valence-corrected chi connectivity index (χ2v) is 9.03. The molecule has 1 unspecified atom stereocenters. The van der Waals surface area contributed by atoms with E-state index in [1.54, 1.807) is 11.3 Å². The van der Waals surface area contributed by atoms with Gasteiger partial charge in [0.1, 0.15) is 5.01 Å². The van der Waals surface area contributed by atoms with E-state index < -0.39 is 0 Å². The molecule has 1 aromatic carbocycles. The Balaban J connectivity index is 1.49. The summed E-state index contributed by atoms with van der Waals surface area (Å²) in [5, 5.41) is 6.94. The summed E-state index contributed by atoms with van der Waals surface area (Å²) in [6.45, 7) is 6.43. The van der Waals surface area contributed by atoms with Crippen LogP contribution in [0.1, 0.15) is 67.6 Å². The Labute approximate surface area is 177 Å². The van der Waals surface area contributed by atoms with Crippen LogP contribution in [0.15, 0.2) is 24.3 Å². The van der Waals surface area contributed by atoms with Crippen LogP contribution in [0.3, 0.4) is 0 Å². The smallest absolute Gasteiger partial charge is 0.223 e. The van der Waals surface area contributed by atoms with Gasteiger partial charge in [0.05, 0.1) is 16.6 Å². The minimum atomic E-state index is -0.103. The normalized spacial score (nSPS) is 15.7. The molecule has 0 radical (unpaired) electrons. The van der Waals surface area contributed by atoms with Gasteiger partial charge in [-0.1, -0.05) is 49.1 Å². The Morgan fingerprint density at radius 3 is 2.52 bits per heavy atom. The van der Waals surface area contributed by atoms with Crippen LogP contribution in [0, 0.1) is 19.8 Å². The number of aryl methyl sites for hydroxylation is 2. The van der Waals surface area contributed by atoms with E-state index in [0.29, 0.717) is 13.0 Å². The Bertz CT molecular complexity index is 838. The first-order valence-electron chi connectivity index (χ1n) is 10.6. The number of nitrogens with zero attached hydrogens (tertiary/aromatic N) is 1. The molecule has 1 aliphatic carbocycles. The maximum Gasteiger partial charge on any atom is 0.223 e. The summed E-state index contributed by atoms with van der Waals surface area (Å²) in [6.07, 6.45) is 5.74. The molecule has 29 heavy (non-hydrogen) atoms. The van der Waals surface area contributed by atoms with Crippen LogP contribution < -0.4 is 10.6 Å². The fourth-order valence-corrected chi connectivity index (χ4v) is 4.89. The van der Waals surface area contributed by atoms with Gasteiger partial charge < -0.3 is 10.6 Å². The predicted molar refractivity (Wildman–Crippen MR) is 118 cm³/mol. The van der Waals surface area contributed by atoms with Crippen molar-refractivity contribution in [3.8, 4) is 10.6 Å². The molecule has 1 saturated carbocycles. The van der Waals surface area contributed by atoms with Gasteiger partial charge in [-0.2, -0.15) is 0 Å². The first kappa shape index (κ1) is 21.5. The van der Waals surface area contributed by atoms with E-state index in [9.17, 15) is 9.59 Å². The quantitative estimate of drug-likeness (QED) is 0.692. The molecule has 0 saturated heterocycles. The number of aromatic nitrogens is 1. The van der Waals surface area contributed by atoms with Crippen LogP contribution >= 0.6 is 11.3 Å². The van der Waals surface area contributed by atoms with Gasteiger partial charge in [0.2, 0.25) is 11.8 Å². The van der Waals surface area contributed by atoms with Crippen molar-refractivity contribution < 1.29 is 9.59 Å². The van der Waals surface area contributed by atoms with Gasteiger partial charge in [0.25, 0.3) is 0 Å². The predicted octanol–water partition coefficient (Wildman–Crippen LogP) is 4.69. The molecule has 5 nitrogen and oxygen atoms in total. The zero-order chi connectivity index (χ0) is 20.8. The average molecular weight is 414 g/mol. The van der Waals surface area contributed by atoms with E-state index in [4.69, 9.17) is 0 Å². The number of amides is 2. The molecule has 3 rings (SSSR count). The largest absolute Gasteiger partial charge is 0.355 e. The minimum Gasteiger partial charge on any atom is -0.355 e. The van der Waals surface area contributed by atoms with Crippen LogP contribution in [0.2, 0.25) is 0 Å². The number of thiazole rings is 1. The van der Waals surface area contributed by atoms with Crippen LogP contribution in [0.25, 0.3) is 10.6 Å². The Morgan fingerprint density at radius 1 is 1.14 bits per heavy atom. The summed E-state index contributed by atoms with van der Waals surface area (Å²) in [7, 11) is 0. The van der Waals surface area contributed by atoms with Crippen molar-refractivity contribution in [3.05, 3.63) is 40.4 Å². The lowest BCUT2D eigenvalue weighted by Gasteiger charge is -2.20. The molecule has 0 spiro atoms. The molecule has 1 aromatic heterocycles. The van der Waals surface area contributed by atoms with Crippen molar-refractivity contribution in [1.82, 2.24) is 15.6 Å². The van der Waals surface area contributed by atoms with Crippen molar-refractivity contribution in [3.63, 3.8) is 0 Å². The van der Waals surface area contributed by atoms with Crippen molar-refractivity contribution >= 4 is 23.2 Å². The second-order valence-electron chi connectivity index (χ2n) is 8.00. The molecule has 2 aromatic rings. The third-order valence-corrected chi connectivity index (χ3v) is 6.92. The van der Waals surface area contributed by atoms with E-state index in [1.807, 2.05) is 13.8 Å². The molecule has 0 bridgehead atoms. The highest BCUT2D eigenvalue weighted by atomic mass is 32.1. The fraction of sp³-hybridized carbons (Fsp3) is 0.522. The van der Waals surface area contributed by atoms with Gasteiger partial charge in [-0.3, -0.25) is 9.59 Å². The van der Waals surface area contributed by atoms with E-state index in [0.717, 1.165) is 46.8 Å². The summed E-state index contributed by atoms with van der Waals surface area (Å²) < 4.78 is 0. The Hall–Kier alpha value is -2.21. The Morgan fingerprint density at radius 2 is 1.83 bits per heavy atom. The lowest BCUT2D eigenvalue weighted by atomic mass is 9.89. The second kappa shape index (κ2) is 10.0. The lowest BCUT2D eigenvalue weighted by molar-refractivity contribution is -0.126. The highest BCUT2D eigenvalue weighted by Gasteiger charge is 2.21. The topological polar surface area (TPSA) is 71.1 Å². The number of hydrogen-bond acceptors (Lipinski definition) is 4. The van der Waals surface area contributed by atoms with Crippen molar-refractivity contribution in [2.45, 2.75) is 65.3 Å². The summed E-state index contributed by atoms with van der Waals surface area (Å²) in [6, 6.07) is 8.22. The molecule has 0 aliphatic heterocycles. The van der Waals surface area contributed by atoms with Gasteiger partial charge in [-0.05, 0) is 33.6 Å². The van der Waals surface area contributed by atoms with E-state index in [1.165, 1.54) is 12.0 Å². The molecular weight excluding hydrogens is 382 g/mol. The van der Waals surface area contributed by atoms with Gasteiger partial charge in [-0.15, -0.1) is 11.3 Å². The van der Waals surface area contributed by atoms with Crippen molar-refractivity contribution in [2.75, 3.05) is 6.54 Å². The molecule has 6 heteroatoms. The highest BCUT2D eigenvalue weighted by Crippen LogP contribution is 2.32. The first-order chi connectivity index (χ1) is 13.9. The zero-order valence-electron chi connectivity index (χ0n) is 17.6. The number of hydrogen-bond donors (Lipinski definition) is 2. The Kier molecular flexibility index (Phi) is 7.42. The molecule has 156 valence electrons. The fourth-order valence-electron chi connectivity index (χ4n) is 3.82.